The third-order valence-corrected chi connectivity index (χ3v) is 3.38. The Balaban J connectivity index is 1.81. The van der Waals surface area contributed by atoms with E-state index in [1.54, 1.807) is 31.4 Å². The second kappa shape index (κ2) is 6.35. The van der Waals surface area contributed by atoms with E-state index >= 15 is 0 Å². The normalized spacial score (nSPS) is 13.1. The Morgan fingerprint density at radius 3 is 2.68 bits per heavy atom. The molecule has 0 aliphatic carbocycles. The van der Waals surface area contributed by atoms with Crippen molar-refractivity contribution in [3.05, 3.63) is 59.7 Å². The van der Waals surface area contributed by atoms with Gasteiger partial charge in [0.1, 0.15) is 19.0 Å². The average molecular weight is 296 g/mol. The number of rotatable bonds is 4. The van der Waals surface area contributed by atoms with Crippen molar-refractivity contribution in [2.45, 2.75) is 0 Å². The maximum Gasteiger partial charge on any atom is 0.185 e. The van der Waals surface area contributed by atoms with Gasteiger partial charge in [0.15, 0.2) is 17.3 Å². The van der Waals surface area contributed by atoms with Crippen molar-refractivity contribution < 1.29 is 19.0 Å². The van der Waals surface area contributed by atoms with Gasteiger partial charge in [-0.05, 0) is 36.4 Å². The molecule has 2 aromatic carbocycles. The third-order valence-electron chi connectivity index (χ3n) is 3.38. The van der Waals surface area contributed by atoms with Gasteiger partial charge in [-0.1, -0.05) is 18.2 Å². The molecule has 3 rings (SSSR count). The Bertz CT molecular complexity index is 719. The van der Waals surface area contributed by atoms with E-state index in [0.717, 1.165) is 11.3 Å². The van der Waals surface area contributed by atoms with Crippen LogP contribution in [0.25, 0.3) is 6.08 Å². The molecule has 0 radical (unpaired) electrons. The molecule has 4 heteroatoms. The summed E-state index contributed by atoms with van der Waals surface area (Å²) in [6.07, 6.45) is 3.28. The van der Waals surface area contributed by atoms with E-state index in [-0.39, 0.29) is 5.78 Å². The largest absolute Gasteiger partial charge is 0.496 e. The summed E-state index contributed by atoms with van der Waals surface area (Å²) in [7, 11) is 1.61. The smallest absolute Gasteiger partial charge is 0.185 e. The molecule has 4 nitrogen and oxygen atoms in total. The fourth-order valence-corrected chi connectivity index (χ4v) is 2.26. The Labute approximate surface area is 128 Å². The van der Waals surface area contributed by atoms with Gasteiger partial charge in [0.05, 0.1) is 7.11 Å². The van der Waals surface area contributed by atoms with Crippen LogP contribution in [-0.4, -0.2) is 26.1 Å². The summed E-state index contributed by atoms with van der Waals surface area (Å²) in [5, 5.41) is 0. The number of benzene rings is 2. The average Bonchev–Trinajstić information content (AvgIpc) is 2.59. The molecule has 0 atom stereocenters. The third kappa shape index (κ3) is 2.96. The van der Waals surface area contributed by atoms with Gasteiger partial charge in [-0.25, -0.2) is 0 Å². The lowest BCUT2D eigenvalue weighted by Gasteiger charge is -2.18. The summed E-state index contributed by atoms with van der Waals surface area (Å²) < 4.78 is 16.2. The molecular weight excluding hydrogens is 280 g/mol. The van der Waals surface area contributed by atoms with Crippen LogP contribution in [0.15, 0.2) is 48.5 Å². The number of ether oxygens (including phenoxy) is 3. The first kappa shape index (κ1) is 14.2. The van der Waals surface area contributed by atoms with Crippen molar-refractivity contribution in [1.29, 1.82) is 0 Å². The Hall–Kier alpha value is -2.75. The highest BCUT2D eigenvalue weighted by Gasteiger charge is 2.13. The van der Waals surface area contributed by atoms with Gasteiger partial charge in [0, 0.05) is 11.1 Å². The maximum atomic E-state index is 12.3. The van der Waals surface area contributed by atoms with Crippen LogP contribution < -0.4 is 14.2 Å². The fourth-order valence-electron chi connectivity index (χ4n) is 2.26. The Kier molecular flexibility index (Phi) is 4.10. The zero-order chi connectivity index (χ0) is 15.4. The number of hydrogen-bond acceptors (Lipinski definition) is 4. The van der Waals surface area contributed by atoms with Crippen LogP contribution in [-0.2, 0) is 0 Å². The van der Waals surface area contributed by atoms with Crippen LogP contribution >= 0.6 is 0 Å². The number of allylic oxidation sites excluding steroid dienone is 1. The number of hydrogen-bond donors (Lipinski definition) is 0. The zero-order valence-electron chi connectivity index (χ0n) is 12.2. The van der Waals surface area contributed by atoms with E-state index in [1.165, 1.54) is 6.08 Å². The van der Waals surface area contributed by atoms with Crippen molar-refractivity contribution in [3.63, 3.8) is 0 Å². The quantitative estimate of drug-likeness (QED) is 0.641. The lowest BCUT2D eigenvalue weighted by Crippen LogP contribution is -2.15. The van der Waals surface area contributed by atoms with Gasteiger partial charge in [0.2, 0.25) is 0 Å². The summed E-state index contributed by atoms with van der Waals surface area (Å²) in [6.45, 7) is 1.04. The van der Waals surface area contributed by atoms with Crippen LogP contribution in [0.3, 0.4) is 0 Å². The topological polar surface area (TPSA) is 44.8 Å². The maximum absolute atomic E-state index is 12.3. The van der Waals surface area contributed by atoms with E-state index < -0.39 is 0 Å². The van der Waals surface area contributed by atoms with Crippen LogP contribution in [0.5, 0.6) is 17.2 Å². The predicted octanol–water partition coefficient (Wildman–Crippen LogP) is 3.36. The molecular formula is C18H16O4. The first-order valence-electron chi connectivity index (χ1n) is 7.03. The summed E-state index contributed by atoms with van der Waals surface area (Å²) in [4.78, 5) is 12.3. The van der Waals surface area contributed by atoms with E-state index in [0.29, 0.717) is 30.3 Å². The zero-order valence-corrected chi connectivity index (χ0v) is 12.2. The molecule has 1 heterocycles. The molecule has 0 N–H and O–H groups in total. The molecule has 1 aliphatic rings. The van der Waals surface area contributed by atoms with Gasteiger partial charge in [-0.2, -0.15) is 0 Å². The molecule has 0 spiro atoms. The highest BCUT2D eigenvalue weighted by molar-refractivity contribution is 6.07. The molecule has 112 valence electrons. The van der Waals surface area contributed by atoms with Crippen molar-refractivity contribution in [2.75, 3.05) is 20.3 Å². The molecule has 0 amide bonds. The number of carbonyl (C=O) groups excluding carboxylic acids is 1. The van der Waals surface area contributed by atoms with Gasteiger partial charge >= 0.3 is 0 Å². The van der Waals surface area contributed by atoms with Crippen molar-refractivity contribution >= 4 is 11.9 Å². The Morgan fingerprint density at radius 1 is 1.09 bits per heavy atom. The minimum atomic E-state index is -0.0946. The van der Waals surface area contributed by atoms with Crippen LogP contribution in [0.4, 0.5) is 0 Å². The number of fused-ring (bicyclic) bond motifs is 1. The van der Waals surface area contributed by atoms with E-state index in [1.807, 2.05) is 24.3 Å². The van der Waals surface area contributed by atoms with Crippen LogP contribution in [0.2, 0.25) is 0 Å². The highest BCUT2D eigenvalue weighted by atomic mass is 16.6. The standard InChI is InChI=1S/C18H16O4/c1-20-16-5-3-2-4-13(16)6-8-15(19)14-7-9-17-18(12-14)22-11-10-21-17/h2-9,12H,10-11H2,1H3/b8-6+. The van der Waals surface area contributed by atoms with Crippen molar-refractivity contribution in [1.82, 2.24) is 0 Å². The number of para-hydroxylation sites is 1. The first-order valence-corrected chi connectivity index (χ1v) is 7.03. The predicted molar refractivity (Wildman–Crippen MR) is 83.8 cm³/mol. The minimum absolute atomic E-state index is 0.0946. The van der Waals surface area contributed by atoms with Crippen molar-refractivity contribution in [3.8, 4) is 17.2 Å². The Morgan fingerprint density at radius 2 is 1.86 bits per heavy atom. The van der Waals surface area contributed by atoms with Gasteiger partial charge in [0.25, 0.3) is 0 Å². The highest BCUT2D eigenvalue weighted by Crippen LogP contribution is 2.31. The summed E-state index contributed by atoms with van der Waals surface area (Å²) in [5.74, 6) is 1.93. The number of carbonyl (C=O) groups is 1. The van der Waals surface area contributed by atoms with Crippen molar-refractivity contribution in [2.24, 2.45) is 0 Å². The van der Waals surface area contributed by atoms with E-state index in [4.69, 9.17) is 14.2 Å². The summed E-state index contributed by atoms with van der Waals surface area (Å²) in [6, 6.07) is 12.8. The molecule has 0 unspecified atom stereocenters. The molecule has 0 saturated carbocycles. The minimum Gasteiger partial charge on any atom is -0.496 e. The number of methoxy groups -OCH3 is 1. The van der Waals surface area contributed by atoms with Crippen LogP contribution in [0.1, 0.15) is 15.9 Å². The first-order chi connectivity index (χ1) is 10.8. The van der Waals surface area contributed by atoms with Crippen LogP contribution in [0, 0.1) is 0 Å². The summed E-state index contributed by atoms with van der Waals surface area (Å²) >= 11 is 0. The molecule has 0 aromatic heterocycles. The second-order valence-electron chi connectivity index (χ2n) is 4.80. The lowest BCUT2D eigenvalue weighted by molar-refractivity contribution is 0.104. The molecule has 22 heavy (non-hydrogen) atoms. The van der Waals surface area contributed by atoms with Gasteiger partial charge in [-0.15, -0.1) is 0 Å². The summed E-state index contributed by atoms with van der Waals surface area (Å²) in [5.41, 5.74) is 1.42. The van der Waals surface area contributed by atoms with Gasteiger partial charge < -0.3 is 14.2 Å². The molecule has 0 fully saturated rings. The molecule has 0 saturated heterocycles. The van der Waals surface area contributed by atoms with E-state index in [2.05, 4.69) is 0 Å². The molecule has 2 aromatic rings. The lowest BCUT2D eigenvalue weighted by atomic mass is 10.1. The molecule has 1 aliphatic heterocycles. The number of ketones is 1. The van der Waals surface area contributed by atoms with Gasteiger partial charge in [-0.3, -0.25) is 4.79 Å². The monoisotopic (exact) mass is 296 g/mol. The SMILES string of the molecule is COc1ccccc1/C=C/C(=O)c1ccc2c(c1)OCCO2. The molecule has 0 bridgehead atoms. The fraction of sp³-hybridized carbons (Fsp3) is 0.167. The van der Waals surface area contributed by atoms with E-state index in [9.17, 15) is 4.79 Å². The second-order valence-corrected chi connectivity index (χ2v) is 4.80.